The summed E-state index contributed by atoms with van der Waals surface area (Å²) >= 11 is 0. The number of halogens is 1. The lowest BCUT2D eigenvalue weighted by Crippen LogP contribution is -2.28. The van der Waals surface area contributed by atoms with Crippen LogP contribution in [0.2, 0.25) is 0 Å². The summed E-state index contributed by atoms with van der Waals surface area (Å²) in [5.41, 5.74) is 1.64. The fourth-order valence-corrected chi connectivity index (χ4v) is 2.61. The minimum Gasteiger partial charge on any atom is -0.484 e. The van der Waals surface area contributed by atoms with E-state index in [1.807, 2.05) is 0 Å². The SMILES string of the molecule is CCC(=O)c1ccc(OCC(=O)NCc2ccc(-n3ccnc3)c(F)c2)cc1. The molecule has 1 heterocycles. The van der Waals surface area contributed by atoms with Gasteiger partial charge in [0.2, 0.25) is 0 Å². The molecule has 0 unspecified atom stereocenters. The summed E-state index contributed by atoms with van der Waals surface area (Å²) in [4.78, 5) is 27.4. The standard InChI is InChI=1S/C21H20FN3O3/c1-2-20(26)16-4-6-17(7-5-16)28-13-21(27)24-12-15-3-8-19(18(22)11-15)25-10-9-23-14-25/h3-11,14H,2,12-13H2,1H3,(H,24,27). The molecule has 7 heteroatoms. The number of ether oxygens (including phenoxy) is 1. The molecule has 0 aliphatic heterocycles. The van der Waals surface area contributed by atoms with Crippen LogP contribution in [-0.4, -0.2) is 27.8 Å². The fraction of sp³-hybridized carbons (Fsp3) is 0.190. The number of rotatable bonds is 8. The molecule has 0 spiro atoms. The van der Waals surface area contributed by atoms with E-state index in [4.69, 9.17) is 4.74 Å². The van der Waals surface area contributed by atoms with Gasteiger partial charge in [-0.25, -0.2) is 9.37 Å². The largest absolute Gasteiger partial charge is 0.484 e. The lowest BCUT2D eigenvalue weighted by molar-refractivity contribution is -0.123. The minimum absolute atomic E-state index is 0.0515. The van der Waals surface area contributed by atoms with Crippen LogP contribution in [0.15, 0.2) is 61.2 Å². The third kappa shape index (κ3) is 4.82. The van der Waals surface area contributed by atoms with Gasteiger partial charge in [-0.2, -0.15) is 0 Å². The van der Waals surface area contributed by atoms with E-state index in [0.717, 1.165) is 0 Å². The first-order valence-corrected chi connectivity index (χ1v) is 8.86. The van der Waals surface area contributed by atoms with Gasteiger partial charge in [0.05, 0.1) is 12.0 Å². The summed E-state index contributed by atoms with van der Waals surface area (Å²) in [7, 11) is 0. The molecule has 1 aromatic heterocycles. The Labute approximate surface area is 162 Å². The van der Waals surface area contributed by atoms with Crippen LogP contribution in [-0.2, 0) is 11.3 Å². The Kier molecular flexibility index (Phi) is 6.16. The molecule has 3 aromatic rings. The highest BCUT2D eigenvalue weighted by molar-refractivity contribution is 5.95. The first kappa shape index (κ1) is 19.3. The third-order valence-electron chi connectivity index (χ3n) is 4.15. The van der Waals surface area contributed by atoms with Crippen molar-refractivity contribution in [3.63, 3.8) is 0 Å². The van der Waals surface area contributed by atoms with Crippen LogP contribution in [0.5, 0.6) is 5.75 Å². The molecule has 0 fully saturated rings. The van der Waals surface area contributed by atoms with Crippen molar-refractivity contribution in [2.75, 3.05) is 6.61 Å². The quantitative estimate of drug-likeness (QED) is 0.608. The van der Waals surface area contributed by atoms with Gasteiger partial charge >= 0.3 is 0 Å². The van der Waals surface area contributed by atoms with Gasteiger partial charge in [0.15, 0.2) is 12.4 Å². The van der Waals surface area contributed by atoms with Crippen molar-refractivity contribution in [1.82, 2.24) is 14.9 Å². The van der Waals surface area contributed by atoms with Crippen molar-refractivity contribution in [2.24, 2.45) is 0 Å². The van der Waals surface area contributed by atoms with Crippen molar-refractivity contribution in [2.45, 2.75) is 19.9 Å². The Morgan fingerprint density at radius 1 is 1.18 bits per heavy atom. The number of amides is 1. The van der Waals surface area contributed by atoms with Crippen LogP contribution < -0.4 is 10.1 Å². The number of imidazole rings is 1. The Morgan fingerprint density at radius 3 is 2.61 bits per heavy atom. The molecule has 1 N–H and O–H groups in total. The van der Waals surface area contributed by atoms with Crippen molar-refractivity contribution in [3.8, 4) is 11.4 Å². The number of Topliss-reactive ketones (excluding diaryl/α,β-unsaturated/α-hetero) is 1. The number of hydrogen-bond acceptors (Lipinski definition) is 4. The molecule has 1 amide bonds. The maximum absolute atomic E-state index is 14.2. The first-order valence-electron chi connectivity index (χ1n) is 8.86. The van der Waals surface area contributed by atoms with Gasteiger partial charge in [-0.3, -0.25) is 9.59 Å². The predicted molar refractivity (Wildman–Crippen MR) is 102 cm³/mol. The lowest BCUT2D eigenvalue weighted by atomic mass is 10.1. The zero-order valence-corrected chi connectivity index (χ0v) is 15.4. The van der Waals surface area contributed by atoms with E-state index in [9.17, 15) is 14.0 Å². The lowest BCUT2D eigenvalue weighted by Gasteiger charge is -2.09. The average molecular weight is 381 g/mol. The molecule has 0 saturated carbocycles. The molecule has 28 heavy (non-hydrogen) atoms. The molecule has 0 aliphatic carbocycles. The van der Waals surface area contributed by atoms with E-state index in [2.05, 4.69) is 10.3 Å². The van der Waals surface area contributed by atoms with Gasteiger partial charge in [0.1, 0.15) is 11.6 Å². The van der Waals surface area contributed by atoms with Gasteiger partial charge in [-0.1, -0.05) is 13.0 Å². The molecule has 0 aliphatic rings. The molecular formula is C21H20FN3O3. The van der Waals surface area contributed by atoms with E-state index >= 15 is 0 Å². The number of aromatic nitrogens is 2. The van der Waals surface area contributed by atoms with Crippen LogP contribution in [0.4, 0.5) is 4.39 Å². The van der Waals surface area contributed by atoms with E-state index < -0.39 is 5.82 Å². The molecule has 2 aromatic carbocycles. The topological polar surface area (TPSA) is 73.2 Å². The third-order valence-corrected chi connectivity index (χ3v) is 4.15. The number of hydrogen-bond donors (Lipinski definition) is 1. The van der Waals surface area contributed by atoms with Crippen LogP contribution in [0.3, 0.4) is 0 Å². The molecule has 0 saturated heterocycles. The second-order valence-corrected chi connectivity index (χ2v) is 6.12. The monoisotopic (exact) mass is 381 g/mol. The van der Waals surface area contributed by atoms with Gasteiger partial charge in [0, 0.05) is 30.9 Å². The summed E-state index contributed by atoms with van der Waals surface area (Å²) in [6.07, 6.45) is 5.18. The van der Waals surface area contributed by atoms with E-state index in [1.54, 1.807) is 60.3 Å². The van der Waals surface area contributed by atoms with E-state index in [0.29, 0.717) is 29.0 Å². The van der Waals surface area contributed by atoms with Crippen LogP contribution in [0.25, 0.3) is 5.69 Å². The predicted octanol–water partition coefficient (Wildman–Crippen LogP) is 3.30. The van der Waals surface area contributed by atoms with Crippen molar-refractivity contribution in [3.05, 3.63) is 78.1 Å². The summed E-state index contributed by atoms with van der Waals surface area (Å²) in [6.45, 7) is 1.82. The van der Waals surface area contributed by atoms with Gasteiger partial charge in [-0.15, -0.1) is 0 Å². The fourth-order valence-electron chi connectivity index (χ4n) is 2.61. The number of carbonyl (C=O) groups is 2. The van der Waals surface area contributed by atoms with Crippen molar-refractivity contribution >= 4 is 11.7 Å². The maximum Gasteiger partial charge on any atom is 0.258 e. The highest BCUT2D eigenvalue weighted by Gasteiger charge is 2.08. The van der Waals surface area contributed by atoms with Crippen LogP contribution in [0, 0.1) is 5.82 Å². The Bertz CT molecular complexity index is 954. The van der Waals surface area contributed by atoms with Crippen molar-refractivity contribution < 1.29 is 18.7 Å². The highest BCUT2D eigenvalue weighted by Crippen LogP contribution is 2.15. The summed E-state index contributed by atoms with van der Waals surface area (Å²) in [5.74, 6) is -0.176. The Morgan fingerprint density at radius 2 is 1.96 bits per heavy atom. The normalized spacial score (nSPS) is 10.5. The van der Waals surface area contributed by atoms with Crippen LogP contribution >= 0.6 is 0 Å². The number of benzene rings is 2. The molecule has 144 valence electrons. The Balaban J connectivity index is 1.49. The molecule has 0 atom stereocenters. The molecule has 0 radical (unpaired) electrons. The summed E-state index contributed by atoms with van der Waals surface area (Å²) in [5, 5.41) is 2.69. The number of nitrogens with zero attached hydrogens (tertiary/aromatic N) is 2. The van der Waals surface area contributed by atoms with Gasteiger partial charge < -0.3 is 14.6 Å². The second kappa shape index (κ2) is 8.94. The zero-order valence-electron chi connectivity index (χ0n) is 15.4. The number of ketones is 1. The molecule has 0 bridgehead atoms. The van der Waals surface area contributed by atoms with Gasteiger partial charge in [0.25, 0.3) is 5.91 Å². The molecule has 6 nitrogen and oxygen atoms in total. The average Bonchev–Trinajstić information content (AvgIpc) is 3.25. The highest BCUT2D eigenvalue weighted by atomic mass is 19.1. The second-order valence-electron chi connectivity index (χ2n) is 6.12. The number of nitrogens with one attached hydrogen (secondary N) is 1. The van der Waals surface area contributed by atoms with E-state index in [1.165, 1.54) is 12.4 Å². The van der Waals surface area contributed by atoms with Crippen LogP contribution in [0.1, 0.15) is 29.3 Å². The molecular weight excluding hydrogens is 361 g/mol. The minimum atomic E-state index is -0.400. The van der Waals surface area contributed by atoms with Gasteiger partial charge in [-0.05, 0) is 42.0 Å². The Hall–Kier alpha value is -3.48. The summed E-state index contributed by atoms with van der Waals surface area (Å²) in [6, 6.07) is 11.4. The maximum atomic E-state index is 14.2. The summed E-state index contributed by atoms with van der Waals surface area (Å²) < 4.78 is 21.2. The van der Waals surface area contributed by atoms with Crippen molar-refractivity contribution in [1.29, 1.82) is 0 Å². The first-order chi connectivity index (χ1) is 13.6. The van der Waals surface area contributed by atoms with E-state index in [-0.39, 0.29) is 24.8 Å². The zero-order chi connectivity index (χ0) is 19.9. The molecule has 3 rings (SSSR count). The smallest absolute Gasteiger partial charge is 0.258 e. The number of carbonyl (C=O) groups excluding carboxylic acids is 2.